The fourth-order valence-corrected chi connectivity index (χ4v) is 0.823. The summed E-state index contributed by atoms with van der Waals surface area (Å²) in [5, 5.41) is 2.75. The summed E-state index contributed by atoms with van der Waals surface area (Å²) in [5.74, 6) is -0.192. The first-order valence-electron chi connectivity index (χ1n) is 4.18. The lowest BCUT2D eigenvalue weighted by Gasteiger charge is -2.00. The number of hydrogen-bond donors (Lipinski definition) is 1. The molecule has 1 nitrogen and oxygen atoms in total. The molecule has 1 rings (SSSR count). The van der Waals surface area contributed by atoms with E-state index in [4.69, 9.17) is 0 Å². The highest BCUT2D eigenvalue weighted by Crippen LogP contribution is 2.13. The Morgan fingerprint density at radius 1 is 1.25 bits per heavy atom. The van der Waals surface area contributed by atoms with Crippen LogP contribution in [-0.2, 0) is 0 Å². The minimum absolute atomic E-state index is 0.192. The van der Waals surface area contributed by atoms with E-state index in [1.54, 1.807) is 13.1 Å². The van der Waals surface area contributed by atoms with Gasteiger partial charge in [-0.2, -0.15) is 0 Å². The Balaban J connectivity index is 0.000000561. The van der Waals surface area contributed by atoms with Crippen LogP contribution in [-0.4, -0.2) is 7.05 Å². The second kappa shape index (κ2) is 5.58. The molecule has 0 aliphatic rings. The molecule has 0 spiro atoms. The quantitative estimate of drug-likeness (QED) is 0.680. The van der Waals surface area contributed by atoms with E-state index in [-0.39, 0.29) is 5.82 Å². The van der Waals surface area contributed by atoms with Crippen LogP contribution in [0.15, 0.2) is 18.2 Å². The molecule has 1 N–H and O–H groups in total. The largest absolute Gasteiger partial charge is 0.386 e. The van der Waals surface area contributed by atoms with Crippen LogP contribution in [0.1, 0.15) is 19.4 Å². The van der Waals surface area contributed by atoms with Gasteiger partial charge in [0, 0.05) is 7.05 Å². The van der Waals surface area contributed by atoms with Gasteiger partial charge in [0.05, 0.1) is 5.69 Å². The van der Waals surface area contributed by atoms with Crippen LogP contribution >= 0.6 is 0 Å². The highest BCUT2D eigenvalue weighted by molar-refractivity contribution is 5.45. The molecule has 0 heterocycles. The number of benzene rings is 1. The number of rotatable bonds is 1. The van der Waals surface area contributed by atoms with Crippen LogP contribution in [0.25, 0.3) is 0 Å². The zero-order valence-electron chi connectivity index (χ0n) is 8.11. The van der Waals surface area contributed by atoms with Gasteiger partial charge in [0.15, 0.2) is 0 Å². The molecule has 0 saturated carbocycles. The van der Waals surface area contributed by atoms with E-state index < -0.39 is 0 Å². The van der Waals surface area contributed by atoms with Crippen molar-refractivity contribution in [3.63, 3.8) is 0 Å². The van der Waals surface area contributed by atoms with E-state index in [9.17, 15) is 4.39 Å². The van der Waals surface area contributed by atoms with Crippen LogP contribution in [0, 0.1) is 12.7 Å². The van der Waals surface area contributed by atoms with Crippen LogP contribution in [0.4, 0.5) is 10.1 Å². The summed E-state index contributed by atoms with van der Waals surface area (Å²) in [6, 6.07) is 5.10. The number of aryl methyl sites for hydroxylation is 1. The van der Waals surface area contributed by atoms with Gasteiger partial charge in [0.2, 0.25) is 0 Å². The van der Waals surface area contributed by atoms with Crippen molar-refractivity contribution in [2.45, 2.75) is 20.8 Å². The maximum atomic E-state index is 12.8. The lowest BCUT2D eigenvalue weighted by molar-refractivity contribution is 0.630. The second-order valence-corrected chi connectivity index (χ2v) is 2.23. The maximum absolute atomic E-state index is 12.8. The number of nitrogens with one attached hydrogen (secondary N) is 1. The third kappa shape index (κ3) is 2.91. The second-order valence-electron chi connectivity index (χ2n) is 2.23. The molecule has 0 saturated heterocycles. The van der Waals surface area contributed by atoms with Crippen molar-refractivity contribution in [1.82, 2.24) is 0 Å². The summed E-state index contributed by atoms with van der Waals surface area (Å²) in [6.07, 6.45) is 0. The van der Waals surface area contributed by atoms with Crippen LogP contribution in [0.3, 0.4) is 0 Å². The standard InChI is InChI=1S/C8H10FN.C2H6/c1-6-3-4-8(10-2)7(9)5-6;1-2/h3-5,10H,1-2H3;1-2H3. The van der Waals surface area contributed by atoms with Crippen molar-refractivity contribution in [1.29, 1.82) is 0 Å². The zero-order valence-corrected chi connectivity index (χ0v) is 8.11. The minimum Gasteiger partial charge on any atom is -0.386 e. The molecule has 0 aliphatic heterocycles. The average Bonchev–Trinajstić information content (AvgIpc) is 2.08. The first kappa shape index (κ1) is 11.0. The predicted octanol–water partition coefficient (Wildman–Crippen LogP) is 3.20. The van der Waals surface area contributed by atoms with Gasteiger partial charge in [-0.3, -0.25) is 0 Å². The zero-order chi connectivity index (χ0) is 9.56. The SMILES string of the molecule is CC.CNc1ccc(C)cc1F. The van der Waals surface area contributed by atoms with E-state index >= 15 is 0 Å². The third-order valence-corrected chi connectivity index (χ3v) is 1.39. The van der Waals surface area contributed by atoms with Crippen LogP contribution in [0.2, 0.25) is 0 Å². The molecule has 68 valence electrons. The number of anilines is 1. The van der Waals surface area contributed by atoms with E-state index in [0.717, 1.165) is 5.56 Å². The lowest BCUT2D eigenvalue weighted by Crippen LogP contribution is -1.91. The molecule has 0 fully saturated rings. The number of hydrogen-bond acceptors (Lipinski definition) is 1. The summed E-state index contributed by atoms with van der Waals surface area (Å²) in [4.78, 5) is 0. The monoisotopic (exact) mass is 169 g/mol. The fraction of sp³-hybridized carbons (Fsp3) is 0.400. The Hall–Kier alpha value is -1.05. The highest BCUT2D eigenvalue weighted by Gasteiger charge is 1.96. The van der Waals surface area contributed by atoms with Gasteiger partial charge in [0.25, 0.3) is 0 Å². The summed E-state index contributed by atoms with van der Waals surface area (Å²) in [6.45, 7) is 5.86. The molecule has 0 atom stereocenters. The molecular weight excluding hydrogens is 153 g/mol. The van der Waals surface area contributed by atoms with Crippen molar-refractivity contribution in [3.8, 4) is 0 Å². The summed E-state index contributed by atoms with van der Waals surface area (Å²) >= 11 is 0. The molecule has 2 heteroatoms. The Morgan fingerprint density at radius 3 is 2.25 bits per heavy atom. The van der Waals surface area contributed by atoms with Crippen LogP contribution in [0.5, 0.6) is 0 Å². The molecule has 0 aliphatic carbocycles. The van der Waals surface area contributed by atoms with Gasteiger partial charge < -0.3 is 5.32 Å². The van der Waals surface area contributed by atoms with E-state index in [1.165, 1.54) is 6.07 Å². The maximum Gasteiger partial charge on any atom is 0.146 e. The Labute approximate surface area is 73.6 Å². The first-order valence-corrected chi connectivity index (χ1v) is 4.18. The van der Waals surface area contributed by atoms with Gasteiger partial charge >= 0.3 is 0 Å². The van der Waals surface area contributed by atoms with Gasteiger partial charge in [-0.25, -0.2) is 4.39 Å². The van der Waals surface area contributed by atoms with Crippen molar-refractivity contribution >= 4 is 5.69 Å². The van der Waals surface area contributed by atoms with Gasteiger partial charge in [-0.1, -0.05) is 19.9 Å². The number of halogens is 1. The Morgan fingerprint density at radius 2 is 1.83 bits per heavy atom. The fourth-order valence-electron chi connectivity index (χ4n) is 0.823. The molecule has 0 amide bonds. The molecular formula is C10H16FN. The molecule has 1 aromatic carbocycles. The van der Waals surface area contributed by atoms with Gasteiger partial charge in [-0.15, -0.1) is 0 Å². The van der Waals surface area contributed by atoms with Gasteiger partial charge in [0.1, 0.15) is 5.82 Å². The molecule has 1 aromatic rings. The molecule has 12 heavy (non-hydrogen) atoms. The van der Waals surface area contributed by atoms with Crippen LogP contribution < -0.4 is 5.32 Å². The first-order chi connectivity index (χ1) is 5.74. The van der Waals surface area contributed by atoms with E-state index in [0.29, 0.717) is 5.69 Å². The molecule has 0 bridgehead atoms. The molecule has 0 radical (unpaired) electrons. The molecule has 0 aromatic heterocycles. The molecule has 0 unspecified atom stereocenters. The van der Waals surface area contributed by atoms with Crippen molar-refractivity contribution in [2.75, 3.05) is 12.4 Å². The topological polar surface area (TPSA) is 12.0 Å². The summed E-state index contributed by atoms with van der Waals surface area (Å²) in [7, 11) is 1.70. The summed E-state index contributed by atoms with van der Waals surface area (Å²) in [5.41, 5.74) is 1.49. The van der Waals surface area contributed by atoms with Crippen molar-refractivity contribution in [2.24, 2.45) is 0 Å². The highest BCUT2D eigenvalue weighted by atomic mass is 19.1. The lowest BCUT2D eigenvalue weighted by atomic mass is 10.2. The van der Waals surface area contributed by atoms with Crippen molar-refractivity contribution in [3.05, 3.63) is 29.6 Å². The summed E-state index contributed by atoms with van der Waals surface area (Å²) < 4.78 is 12.8. The minimum atomic E-state index is -0.192. The smallest absolute Gasteiger partial charge is 0.146 e. The van der Waals surface area contributed by atoms with E-state index in [2.05, 4.69) is 5.32 Å². The van der Waals surface area contributed by atoms with Crippen molar-refractivity contribution < 1.29 is 4.39 Å². The predicted molar refractivity (Wildman–Crippen MR) is 52.0 cm³/mol. The Bertz CT molecular complexity index is 233. The Kier molecular flexibility index (Phi) is 5.09. The normalized spacial score (nSPS) is 8.42. The van der Waals surface area contributed by atoms with Gasteiger partial charge in [-0.05, 0) is 24.6 Å². The van der Waals surface area contributed by atoms with E-state index in [1.807, 2.05) is 26.8 Å². The third-order valence-electron chi connectivity index (χ3n) is 1.39. The average molecular weight is 169 g/mol.